The molecule has 1 atom stereocenters. The Hall–Kier alpha value is -1.53. The topological polar surface area (TPSA) is 86.5 Å². The van der Waals surface area contributed by atoms with Crippen LogP contribution in [0.5, 0.6) is 0 Å². The highest BCUT2D eigenvalue weighted by Gasteiger charge is 2.28. The molecule has 2 N–H and O–H groups in total. The molecule has 2 rings (SSSR count). The van der Waals surface area contributed by atoms with E-state index in [-0.39, 0.29) is 19.1 Å². The number of aliphatic hydroxyl groups excluding tert-OH is 1. The fourth-order valence-electron chi connectivity index (χ4n) is 2.69. The maximum Gasteiger partial charge on any atom is 0.303 e. The molecule has 20 heavy (non-hydrogen) atoms. The number of rotatable bonds is 6. The number of aromatic nitrogens is 2. The zero-order valence-corrected chi connectivity index (χ0v) is 11.7. The fraction of sp³-hybridized carbons (Fsp3) is 0.643. The molecular weight excluding hydrogens is 258 g/mol. The molecule has 6 nitrogen and oxygen atoms in total. The van der Waals surface area contributed by atoms with E-state index in [0.29, 0.717) is 13.0 Å². The predicted molar refractivity (Wildman–Crippen MR) is 73.4 cm³/mol. The van der Waals surface area contributed by atoms with Gasteiger partial charge in [0.15, 0.2) is 0 Å². The number of aliphatic carboxylic acids is 1. The summed E-state index contributed by atoms with van der Waals surface area (Å²) < 4.78 is 0. The van der Waals surface area contributed by atoms with Gasteiger partial charge in [-0.25, -0.2) is 9.97 Å². The zero-order chi connectivity index (χ0) is 14.5. The van der Waals surface area contributed by atoms with Gasteiger partial charge in [-0.2, -0.15) is 0 Å². The number of carboxylic acid groups (broad SMARTS) is 1. The van der Waals surface area contributed by atoms with E-state index in [2.05, 4.69) is 14.9 Å². The Bertz CT molecular complexity index is 479. The number of hydrogen-bond acceptors (Lipinski definition) is 5. The number of β-amino-alcohol motifs (C(OH)–C–C–N with tert-alkyl or cyclic N) is 1. The first-order valence-corrected chi connectivity index (χ1v) is 7.01. The fourth-order valence-corrected chi connectivity index (χ4v) is 2.69. The SMILES string of the molecule is Cc1cc(CCC(=O)O)nc(C2CCCN2CCO)n1. The van der Waals surface area contributed by atoms with Gasteiger partial charge in [0.1, 0.15) is 5.82 Å². The van der Waals surface area contributed by atoms with Gasteiger partial charge >= 0.3 is 5.97 Å². The second-order valence-corrected chi connectivity index (χ2v) is 5.17. The van der Waals surface area contributed by atoms with Gasteiger partial charge in [-0.1, -0.05) is 0 Å². The summed E-state index contributed by atoms with van der Waals surface area (Å²) in [7, 11) is 0. The second kappa shape index (κ2) is 6.76. The number of aliphatic hydroxyl groups is 1. The standard InChI is InChI=1S/C14H21N3O3/c1-10-9-11(4-5-13(19)20)16-14(15-10)12-3-2-6-17(12)7-8-18/h9,12,18H,2-8H2,1H3,(H,19,20). The van der Waals surface area contributed by atoms with Crippen LogP contribution in [0.2, 0.25) is 0 Å². The van der Waals surface area contributed by atoms with Crippen molar-refractivity contribution in [2.45, 2.75) is 38.6 Å². The maximum atomic E-state index is 10.7. The maximum absolute atomic E-state index is 10.7. The number of carboxylic acids is 1. The molecule has 0 amide bonds. The Kier molecular flexibility index (Phi) is 5.03. The zero-order valence-electron chi connectivity index (χ0n) is 11.7. The number of likely N-dealkylation sites (tertiary alicyclic amines) is 1. The summed E-state index contributed by atoms with van der Waals surface area (Å²) >= 11 is 0. The van der Waals surface area contributed by atoms with E-state index in [1.54, 1.807) is 0 Å². The van der Waals surface area contributed by atoms with Gasteiger partial charge in [0.05, 0.1) is 19.1 Å². The smallest absolute Gasteiger partial charge is 0.303 e. The number of carbonyl (C=O) groups is 1. The van der Waals surface area contributed by atoms with E-state index < -0.39 is 5.97 Å². The van der Waals surface area contributed by atoms with Gasteiger partial charge in [-0.3, -0.25) is 9.69 Å². The van der Waals surface area contributed by atoms with Crippen LogP contribution in [0.3, 0.4) is 0 Å². The highest BCUT2D eigenvalue weighted by Crippen LogP contribution is 2.29. The normalized spacial score (nSPS) is 19.4. The lowest BCUT2D eigenvalue weighted by Gasteiger charge is -2.22. The van der Waals surface area contributed by atoms with Crippen molar-refractivity contribution in [3.05, 3.63) is 23.3 Å². The van der Waals surface area contributed by atoms with Crippen molar-refractivity contribution in [1.29, 1.82) is 0 Å². The summed E-state index contributed by atoms with van der Waals surface area (Å²) in [5.41, 5.74) is 1.65. The van der Waals surface area contributed by atoms with Crippen LogP contribution in [0.25, 0.3) is 0 Å². The average molecular weight is 279 g/mol. The lowest BCUT2D eigenvalue weighted by molar-refractivity contribution is -0.136. The molecule has 1 unspecified atom stereocenters. The largest absolute Gasteiger partial charge is 0.481 e. The Labute approximate surface area is 118 Å². The van der Waals surface area contributed by atoms with E-state index >= 15 is 0 Å². The Morgan fingerprint density at radius 1 is 1.50 bits per heavy atom. The lowest BCUT2D eigenvalue weighted by Crippen LogP contribution is -2.28. The minimum atomic E-state index is -0.814. The van der Waals surface area contributed by atoms with Crippen LogP contribution in [-0.2, 0) is 11.2 Å². The molecule has 1 aliphatic rings. The highest BCUT2D eigenvalue weighted by atomic mass is 16.4. The van der Waals surface area contributed by atoms with Crippen molar-refractivity contribution in [1.82, 2.24) is 14.9 Å². The first kappa shape index (κ1) is 14.9. The summed E-state index contributed by atoms with van der Waals surface area (Å²) in [5, 5.41) is 17.9. The molecule has 0 bridgehead atoms. The molecule has 1 saturated heterocycles. The third-order valence-electron chi connectivity index (χ3n) is 3.57. The van der Waals surface area contributed by atoms with Gasteiger partial charge in [-0.15, -0.1) is 0 Å². The first-order valence-electron chi connectivity index (χ1n) is 7.01. The molecule has 1 aliphatic heterocycles. The third-order valence-corrected chi connectivity index (χ3v) is 3.57. The monoisotopic (exact) mass is 279 g/mol. The Morgan fingerprint density at radius 3 is 3.00 bits per heavy atom. The molecule has 1 fully saturated rings. The van der Waals surface area contributed by atoms with E-state index in [1.165, 1.54) is 0 Å². The summed E-state index contributed by atoms with van der Waals surface area (Å²) in [6.45, 7) is 3.62. The number of hydrogen-bond donors (Lipinski definition) is 2. The summed E-state index contributed by atoms with van der Waals surface area (Å²) in [4.78, 5) is 21.9. The predicted octanol–water partition coefficient (Wildman–Crippen LogP) is 0.931. The van der Waals surface area contributed by atoms with Crippen molar-refractivity contribution in [2.24, 2.45) is 0 Å². The quantitative estimate of drug-likeness (QED) is 0.805. The number of nitrogens with zero attached hydrogens (tertiary/aromatic N) is 3. The second-order valence-electron chi connectivity index (χ2n) is 5.17. The van der Waals surface area contributed by atoms with Crippen LogP contribution in [0.1, 0.15) is 42.5 Å². The van der Waals surface area contributed by atoms with Crippen LogP contribution < -0.4 is 0 Å². The first-order chi connectivity index (χ1) is 9.60. The van der Waals surface area contributed by atoms with Gasteiger partial charge in [0, 0.05) is 24.4 Å². The average Bonchev–Trinajstić information content (AvgIpc) is 2.84. The van der Waals surface area contributed by atoms with E-state index in [0.717, 1.165) is 36.6 Å². The molecule has 2 heterocycles. The van der Waals surface area contributed by atoms with Crippen LogP contribution in [-0.4, -0.2) is 50.7 Å². The van der Waals surface area contributed by atoms with Crippen molar-refractivity contribution < 1.29 is 15.0 Å². The van der Waals surface area contributed by atoms with Gasteiger partial charge in [0.25, 0.3) is 0 Å². The van der Waals surface area contributed by atoms with Crippen molar-refractivity contribution in [3.63, 3.8) is 0 Å². The lowest BCUT2D eigenvalue weighted by atomic mass is 10.1. The molecule has 1 aromatic heterocycles. The third kappa shape index (κ3) is 3.74. The van der Waals surface area contributed by atoms with E-state index in [4.69, 9.17) is 10.2 Å². The molecule has 110 valence electrons. The van der Waals surface area contributed by atoms with Gasteiger partial charge < -0.3 is 10.2 Å². The molecule has 0 aromatic carbocycles. The summed E-state index contributed by atoms with van der Waals surface area (Å²) in [6, 6.07) is 1.99. The van der Waals surface area contributed by atoms with Crippen LogP contribution in [0.15, 0.2) is 6.07 Å². The van der Waals surface area contributed by atoms with Gasteiger partial charge in [0.2, 0.25) is 0 Å². The molecule has 1 aromatic rings. The van der Waals surface area contributed by atoms with Crippen molar-refractivity contribution >= 4 is 5.97 Å². The van der Waals surface area contributed by atoms with E-state index in [1.807, 2.05) is 13.0 Å². The van der Waals surface area contributed by atoms with Gasteiger partial charge in [-0.05, 0) is 32.4 Å². The Balaban J connectivity index is 2.16. The molecule has 0 radical (unpaired) electrons. The van der Waals surface area contributed by atoms with Crippen molar-refractivity contribution in [2.75, 3.05) is 19.7 Å². The van der Waals surface area contributed by atoms with Crippen LogP contribution in [0.4, 0.5) is 0 Å². The molecule has 0 aliphatic carbocycles. The molecule has 6 heteroatoms. The summed E-state index contributed by atoms with van der Waals surface area (Å²) in [6.07, 6.45) is 2.58. The highest BCUT2D eigenvalue weighted by molar-refractivity contribution is 5.66. The number of aryl methyl sites for hydroxylation is 2. The van der Waals surface area contributed by atoms with Crippen molar-refractivity contribution in [3.8, 4) is 0 Å². The van der Waals surface area contributed by atoms with Crippen LogP contribution in [0, 0.1) is 6.92 Å². The Morgan fingerprint density at radius 2 is 2.30 bits per heavy atom. The molecule has 0 saturated carbocycles. The van der Waals surface area contributed by atoms with E-state index in [9.17, 15) is 4.79 Å². The molecular formula is C14H21N3O3. The van der Waals surface area contributed by atoms with Crippen LogP contribution >= 0.6 is 0 Å². The molecule has 0 spiro atoms. The summed E-state index contributed by atoms with van der Waals surface area (Å²) in [5.74, 6) is -0.0538. The minimum absolute atomic E-state index is 0.0842. The minimum Gasteiger partial charge on any atom is -0.481 e.